The zero-order valence-electron chi connectivity index (χ0n) is 36.4. The van der Waals surface area contributed by atoms with Gasteiger partial charge in [-0.3, -0.25) is 0 Å². The normalized spacial score (nSPS) is 11.8. The second-order valence-electron chi connectivity index (χ2n) is 16.8. The minimum atomic E-state index is -5.20. The molecule has 5 nitrogen and oxygen atoms in total. The number of nitrogens with zero attached hydrogens (tertiary/aromatic N) is 5. The summed E-state index contributed by atoms with van der Waals surface area (Å²) >= 11 is 0. The minimum absolute atomic E-state index is 0.00259. The third kappa shape index (κ3) is 7.01. The number of hydrogen-bond acceptors (Lipinski definition) is 3. The highest BCUT2D eigenvalue weighted by atomic mass is 19.4. The van der Waals surface area contributed by atoms with Crippen LogP contribution in [-0.4, -0.2) is 9.13 Å². The van der Waals surface area contributed by atoms with Crippen LogP contribution in [0.25, 0.3) is 99.5 Å². The number of nitriles is 3. The highest BCUT2D eigenvalue weighted by molar-refractivity contribution is 6.12. The lowest BCUT2D eigenvalue weighted by molar-refractivity contribution is -0.142. The number of alkyl halides is 6. The van der Waals surface area contributed by atoms with Gasteiger partial charge in [-0.1, -0.05) is 97.1 Å². The van der Waals surface area contributed by atoms with Crippen molar-refractivity contribution < 1.29 is 26.3 Å². The molecule has 0 atom stereocenters. The molecule has 0 bridgehead atoms. The molecule has 0 fully saturated rings. The Bertz CT molecular complexity index is 4060. The smallest absolute Gasteiger partial charge is 0.309 e. The fraction of sp³-hybridized carbons (Fsp3) is 0.0339. The fourth-order valence-electron chi connectivity index (χ4n) is 9.93. The van der Waals surface area contributed by atoms with Crippen LogP contribution < -0.4 is 0 Å². The first-order valence-electron chi connectivity index (χ1n) is 21.9. The second kappa shape index (κ2) is 16.4. The highest BCUT2D eigenvalue weighted by Gasteiger charge is 2.42. The molecule has 11 aromatic rings. The molecule has 334 valence electrons. The number of aromatic nitrogens is 2. The molecule has 0 amide bonds. The summed E-state index contributed by atoms with van der Waals surface area (Å²) in [6.45, 7) is 0. The SMILES string of the molecule is N#Cc1ccc(-n2c3ccccc3c3cc(-c4ccccc4C#N)ccc32)c(-c2cc(-n3c4ccccc4c4cc(-c5ccccc5C#N)ccc43)ccc2-c2c(C(F)(F)F)cccc2C(F)(F)F)c1. The lowest BCUT2D eigenvalue weighted by atomic mass is 9.86. The average molecular weight is 924 g/mol. The fourth-order valence-corrected chi connectivity index (χ4v) is 9.93. The van der Waals surface area contributed by atoms with E-state index in [2.05, 4.69) is 18.2 Å². The molecule has 11 heteroatoms. The predicted molar refractivity (Wildman–Crippen MR) is 261 cm³/mol. The molecule has 0 N–H and O–H groups in total. The second-order valence-corrected chi connectivity index (χ2v) is 16.8. The zero-order chi connectivity index (χ0) is 48.5. The molecule has 0 unspecified atom stereocenters. The summed E-state index contributed by atoms with van der Waals surface area (Å²) in [6.07, 6.45) is -10.4. The Morgan fingerprint density at radius 3 is 1.40 bits per heavy atom. The van der Waals surface area contributed by atoms with Gasteiger partial charge in [0.15, 0.2) is 0 Å². The van der Waals surface area contributed by atoms with E-state index in [1.807, 2.05) is 118 Å². The summed E-state index contributed by atoms with van der Waals surface area (Å²) in [5, 5.41) is 33.5. The van der Waals surface area contributed by atoms with Gasteiger partial charge < -0.3 is 9.13 Å². The summed E-state index contributed by atoms with van der Waals surface area (Å²) in [7, 11) is 0. The van der Waals surface area contributed by atoms with Crippen LogP contribution in [0.4, 0.5) is 26.3 Å². The van der Waals surface area contributed by atoms with Crippen molar-refractivity contribution in [2.75, 3.05) is 0 Å². The van der Waals surface area contributed by atoms with E-state index in [0.717, 1.165) is 44.3 Å². The molecule has 2 aromatic heterocycles. The van der Waals surface area contributed by atoms with Crippen LogP contribution in [0.3, 0.4) is 0 Å². The van der Waals surface area contributed by atoms with Crippen LogP contribution in [0.15, 0.2) is 188 Å². The van der Waals surface area contributed by atoms with Gasteiger partial charge in [-0.15, -0.1) is 0 Å². The first kappa shape index (κ1) is 43.2. The van der Waals surface area contributed by atoms with Crippen LogP contribution in [-0.2, 0) is 12.4 Å². The van der Waals surface area contributed by atoms with Gasteiger partial charge in [0.1, 0.15) is 0 Å². The number of fused-ring (bicyclic) bond motifs is 6. The maximum atomic E-state index is 15.2. The van der Waals surface area contributed by atoms with Crippen LogP contribution >= 0.6 is 0 Å². The molecule has 0 radical (unpaired) electrons. The van der Waals surface area contributed by atoms with E-state index in [1.54, 1.807) is 42.5 Å². The summed E-state index contributed by atoms with van der Waals surface area (Å²) in [5.41, 5.74) is 3.41. The van der Waals surface area contributed by atoms with Gasteiger partial charge in [0.25, 0.3) is 0 Å². The maximum absolute atomic E-state index is 15.2. The van der Waals surface area contributed by atoms with Crippen molar-refractivity contribution in [3.8, 4) is 74.1 Å². The molecule has 0 spiro atoms. The number of halogens is 6. The predicted octanol–water partition coefficient (Wildman–Crippen LogP) is 16.2. The van der Waals surface area contributed by atoms with Gasteiger partial charge >= 0.3 is 12.4 Å². The summed E-state index contributed by atoms with van der Waals surface area (Å²) in [6, 6.07) is 58.7. The first-order chi connectivity index (χ1) is 33.9. The zero-order valence-corrected chi connectivity index (χ0v) is 36.4. The van der Waals surface area contributed by atoms with Crippen LogP contribution in [0.1, 0.15) is 27.8 Å². The minimum Gasteiger partial charge on any atom is -0.309 e. The number of benzene rings is 9. The van der Waals surface area contributed by atoms with E-state index in [1.165, 1.54) is 18.2 Å². The number of hydrogen-bond donors (Lipinski definition) is 0. The monoisotopic (exact) mass is 923 g/mol. The van der Waals surface area contributed by atoms with Gasteiger partial charge in [0, 0.05) is 38.4 Å². The van der Waals surface area contributed by atoms with E-state index >= 15 is 26.3 Å². The van der Waals surface area contributed by atoms with Crippen molar-refractivity contribution in [1.29, 1.82) is 15.8 Å². The lowest BCUT2D eigenvalue weighted by Crippen LogP contribution is -2.14. The van der Waals surface area contributed by atoms with Crippen molar-refractivity contribution in [3.63, 3.8) is 0 Å². The Morgan fingerprint density at radius 2 is 0.857 bits per heavy atom. The van der Waals surface area contributed by atoms with Crippen LogP contribution in [0.5, 0.6) is 0 Å². The Hall–Kier alpha value is -9.37. The Labute approximate surface area is 395 Å². The average Bonchev–Trinajstić information content (AvgIpc) is 3.89. The highest BCUT2D eigenvalue weighted by Crippen LogP contribution is 2.50. The number of para-hydroxylation sites is 2. The summed E-state index contributed by atoms with van der Waals surface area (Å²) in [4.78, 5) is 0. The molecular formula is C59H31F6N5. The van der Waals surface area contributed by atoms with Gasteiger partial charge in [-0.05, 0) is 124 Å². The van der Waals surface area contributed by atoms with Gasteiger partial charge in [0.05, 0.1) is 73.8 Å². The van der Waals surface area contributed by atoms with Gasteiger partial charge in [0.2, 0.25) is 0 Å². The van der Waals surface area contributed by atoms with E-state index in [4.69, 9.17) is 0 Å². The maximum Gasteiger partial charge on any atom is 0.417 e. The Balaban J connectivity index is 1.24. The van der Waals surface area contributed by atoms with Gasteiger partial charge in [-0.25, -0.2) is 0 Å². The van der Waals surface area contributed by atoms with Crippen molar-refractivity contribution in [1.82, 2.24) is 9.13 Å². The van der Waals surface area contributed by atoms with E-state index in [0.29, 0.717) is 62.3 Å². The summed E-state index contributed by atoms with van der Waals surface area (Å²) in [5.74, 6) is 0. The largest absolute Gasteiger partial charge is 0.417 e. The first-order valence-corrected chi connectivity index (χ1v) is 21.9. The third-order valence-electron chi connectivity index (χ3n) is 12.9. The quantitative estimate of drug-likeness (QED) is 0.156. The molecule has 9 aromatic carbocycles. The molecule has 0 saturated carbocycles. The van der Waals surface area contributed by atoms with Crippen molar-refractivity contribution in [3.05, 3.63) is 216 Å². The molecule has 70 heavy (non-hydrogen) atoms. The summed E-state index contributed by atoms with van der Waals surface area (Å²) < 4.78 is 95.1. The van der Waals surface area contributed by atoms with E-state index < -0.39 is 29.0 Å². The Morgan fingerprint density at radius 1 is 0.357 bits per heavy atom. The lowest BCUT2D eigenvalue weighted by Gasteiger charge is -2.23. The number of rotatable bonds is 6. The van der Waals surface area contributed by atoms with Gasteiger partial charge in [-0.2, -0.15) is 42.1 Å². The molecule has 2 heterocycles. The van der Waals surface area contributed by atoms with Crippen molar-refractivity contribution in [2.24, 2.45) is 0 Å². The molecule has 0 aliphatic rings. The van der Waals surface area contributed by atoms with Crippen LogP contribution in [0, 0.1) is 34.0 Å². The van der Waals surface area contributed by atoms with Crippen molar-refractivity contribution in [2.45, 2.75) is 12.4 Å². The third-order valence-corrected chi connectivity index (χ3v) is 12.9. The topological polar surface area (TPSA) is 81.2 Å². The van der Waals surface area contributed by atoms with E-state index in [9.17, 15) is 15.8 Å². The Kier molecular flexibility index (Phi) is 10.2. The van der Waals surface area contributed by atoms with Crippen LogP contribution in [0.2, 0.25) is 0 Å². The molecule has 11 rings (SSSR count). The molecular weight excluding hydrogens is 893 g/mol. The van der Waals surface area contributed by atoms with Crippen molar-refractivity contribution >= 4 is 43.6 Å². The molecule has 0 aliphatic carbocycles. The standard InChI is InChI=1S/C59H31F6N5/c60-58(61,62)50-16-9-17-51(59(63,64)65)57(50)45-24-23-40(69-52-18-7-5-14-43(52)48-29-36(21-26-54(48)69)41-12-3-1-10-38(41)33-67)31-46(45)47-28-35(32-66)20-25-55(47)70-53-19-8-6-15-44(53)49-30-37(22-27-56(49)70)42-13-4-2-11-39(42)34-68/h1-31H. The molecule has 0 saturated heterocycles. The van der Waals surface area contributed by atoms with E-state index in [-0.39, 0.29) is 22.3 Å². The molecule has 0 aliphatic heterocycles.